The highest BCUT2D eigenvalue weighted by Gasteiger charge is 2.53. The number of carbonyl (C=O) groups is 1. The number of ether oxygens (including phenoxy) is 2. The predicted octanol–water partition coefficient (Wildman–Crippen LogP) is 2.14. The Labute approximate surface area is 163 Å². The van der Waals surface area contributed by atoms with Gasteiger partial charge in [0.25, 0.3) is 11.9 Å². The number of aromatic nitrogens is 1. The molecule has 0 spiro atoms. The summed E-state index contributed by atoms with van der Waals surface area (Å²) in [5, 5.41) is 2.54. The summed E-state index contributed by atoms with van der Waals surface area (Å²) in [6.45, 7) is -0.715. The van der Waals surface area contributed by atoms with E-state index in [-0.39, 0.29) is 36.2 Å². The summed E-state index contributed by atoms with van der Waals surface area (Å²) >= 11 is 0. The average Bonchev–Trinajstić information content (AvgIpc) is 3.18. The van der Waals surface area contributed by atoms with Crippen LogP contribution in [0.3, 0.4) is 0 Å². The molecule has 2 aliphatic rings. The lowest BCUT2D eigenvalue weighted by Crippen LogP contribution is -2.50. The molecule has 0 saturated carbocycles. The minimum Gasteiger partial charge on any atom is -0.459 e. The molecule has 1 fully saturated rings. The van der Waals surface area contributed by atoms with Crippen molar-refractivity contribution in [1.29, 1.82) is 0 Å². The molecule has 7 nitrogen and oxygen atoms in total. The number of halogens is 3. The molecule has 3 atom stereocenters. The van der Waals surface area contributed by atoms with Crippen LogP contribution in [0.1, 0.15) is 16.1 Å². The number of hydrogen-bond acceptors (Lipinski definition) is 6. The molecule has 1 amide bonds. The fourth-order valence-corrected chi connectivity index (χ4v) is 3.66. The first-order valence-electron chi connectivity index (χ1n) is 8.81. The lowest BCUT2D eigenvalue weighted by atomic mass is 9.76. The first kappa shape index (κ1) is 19.2. The van der Waals surface area contributed by atoms with Gasteiger partial charge in [-0.05, 0) is 30.3 Å². The van der Waals surface area contributed by atoms with Crippen molar-refractivity contribution in [3.05, 3.63) is 59.4 Å². The van der Waals surface area contributed by atoms with Crippen LogP contribution >= 0.6 is 0 Å². The number of hydrogen-bond donors (Lipinski definition) is 2. The monoisotopic (exact) mass is 406 g/mol. The van der Waals surface area contributed by atoms with Crippen LogP contribution in [0.2, 0.25) is 0 Å². The van der Waals surface area contributed by atoms with Crippen molar-refractivity contribution in [3.8, 4) is 0 Å². The highest BCUT2D eigenvalue weighted by molar-refractivity contribution is 6.02. The lowest BCUT2D eigenvalue weighted by molar-refractivity contribution is 0.0614. The number of nitrogens with zero attached hydrogens (tertiary/aromatic N) is 2. The molecule has 2 aliphatic heterocycles. The minimum absolute atomic E-state index is 0.0323. The van der Waals surface area contributed by atoms with Gasteiger partial charge in [0.2, 0.25) is 0 Å². The highest BCUT2D eigenvalue weighted by atomic mass is 19.1. The summed E-state index contributed by atoms with van der Waals surface area (Å²) in [7, 11) is 0. The molecule has 3 N–H and O–H groups in total. The fourth-order valence-electron chi connectivity index (χ4n) is 3.66. The third-order valence-corrected chi connectivity index (χ3v) is 5.08. The summed E-state index contributed by atoms with van der Waals surface area (Å²) in [5.74, 6) is -2.50. The lowest BCUT2D eigenvalue weighted by Gasteiger charge is -2.39. The van der Waals surface area contributed by atoms with Crippen molar-refractivity contribution in [2.75, 3.05) is 25.2 Å². The zero-order valence-corrected chi connectivity index (χ0v) is 15.1. The molecule has 0 bridgehead atoms. The van der Waals surface area contributed by atoms with Gasteiger partial charge in [-0.1, -0.05) is 0 Å². The largest absolute Gasteiger partial charge is 0.459 e. The number of nitrogens with two attached hydrogens (primary N) is 1. The number of amides is 1. The summed E-state index contributed by atoms with van der Waals surface area (Å²) in [5.41, 5.74) is 4.16. The highest BCUT2D eigenvalue weighted by Crippen LogP contribution is 2.44. The molecule has 1 aromatic carbocycles. The van der Waals surface area contributed by atoms with Gasteiger partial charge in [0.05, 0.1) is 25.3 Å². The van der Waals surface area contributed by atoms with Crippen molar-refractivity contribution in [1.82, 2.24) is 4.98 Å². The number of anilines is 1. The van der Waals surface area contributed by atoms with Gasteiger partial charge in [-0.25, -0.2) is 23.1 Å². The van der Waals surface area contributed by atoms with Crippen LogP contribution in [0.4, 0.5) is 18.9 Å². The van der Waals surface area contributed by atoms with Gasteiger partial charge in [0.1, 0.15) is 35.6 Å². The Kier molecular flexibility index (Phi) is 4.87. The van der Waals surface area contributed by atoms with Gasteiger partial charge in [-0.3, -0.25) is 4.79 Å². The van der Waals surface area contributed by atoms with Gasteiger partial charge in [0, 0.05) is 11.3 Å². The van der Waals surface area contributed by atoms with Crippen LogP contribution in [-0.4, -0.2) is 42.9 Å². The molecule has 4 rings (SSSR count). The zero-order valence-electron chi connectivity index (χ0n) is 15.1. The Bertz CT molecular complexity index is 970. The van der Waals surface area contributed by atoms with Crippen LogP contribution in [0.15, 0.2) is 41.5 Å². The van der Waals surface area contributed by atoms with Crippen LogP contribution in [0, 0.1) is 17.6 Å². The van der Waals surface area contributed by atoms with Crippen molar-refractivity contribution in [2.45, 2.75) is 11.6 Å². The number of carbonyl (C=O) groups excluding carboxylic acids is 1. The number of amidine groups is 1. The molecule has 152 valence electrons. The predicted molar refractivity (Wildman–Crippen MR) is 97.0 cm³/mol. The molecule has 0 radical (unpaired) electrons. The van der Waals surface area contributed by atoms with Crippen molar-refractivity contribution in [2.24, 2.45) is 16.6 Å². The second-order valence-corrected chi connectivity index (χ2v) is 6.82. The Morgan fingerprint density at radius 3 is 2.83 bits per heavy atom. The van der Waals surface area contributed by atoms with Crippen LogP contribution < -0.4 is 11.1 Å². The maximum Gasteiger partial charge on any atom is 0.283 e. The van der Waals surface area contributed by atoms with E-state index in [1.54, 1.807) is 0 Å². The standard InChI is InChI=1S/C19H17F3N4O3/c20-9-19(13-7-28-8-16(13)29-18(23)26-19)12-5-11(2-3-14(12)22)25-17(27)15-4-1-10(21)6-24-15/h1-6,13,16H,7-9H2,(H2,23,26)(H,25,27). The van der Waals surface area contributed by atoms with E-state index in [0.717, 1.165) is 18.3 Å². The normalized spacial score (nSPS) is 25.7. The van der Waals surface area contributed by atoms with E-state index < -0.39 is 41.8 Å². The Morgan fingerprint density at radius 1 is 1.28 bits per heavy atom. The van der Waals surface area contributed by atoms with Gasteiger partial charge in [-0.15, -0.1) is 0 Å². The Morgan fingerprint density at radius 2 is 2.10 bits per heavy atom. The van der Waals surface area contributed by atoms with Gasteiger partial charge >= 0.3 is 0 Å². The van der Waals surface area contributed by atoms with E-state index in [9.17, 15) is 18.0 Å². The maximum atomic E-state index is 14.7. The van der Waals surface area contributed by atoms with E-state index >= 15 is 0 Å². The van der Waals surface area contributed by atoms with E-state index in [1.165, 1.54) is 18.2 Å². The molecule has 0 aliphatic carbocycles. The number of pyridine rings is 1. The second kappa shape index (κ2) is 7.36. The molecule has 2 aromatic rings. The van der Waals surface area contributed by atoms with Crippen LogP contribution in [0.5, 0.6) is 0 Å². The van der Waals surface area contributed by atoms with E-state index in [1.807, 2.05) is 0 Å². The molecule has 3 heterocycles. The number of alkyl halides is 1. The van der Waals surface area contributed by atoms with E-state index in [0.29, 0.717) is 0 Å². The second-order valence-electron chi connectivity index (χ2n) is 6.82. The third kappa shape index (κ3) is 3.39. The molecule has 29 heavy (non-hydrogen) atoms. The topological polar surface area (TPSA) is 98.8 Å². The number of rotatable bonds is 4. The summed E-state index contributed by atoms with van der Waals surface area (Å²) in [6, 6.07) is 5.78. The van der Waals surface area contributed by atoms with E-state index in [2.05, 4.69) is 15.3 Å². The summed E-state index contributed by atoms with van der Waals surface area (Å²) < 4.78 is 52.8. The third-order valence-electron chi connectivity index (χ3n) is 5.08. The van der Waals surface area contributed by atoms with Crippen molar-refractivity contribution in [3.63, 3.8) is 0 Å². The summed E-state index contributed by atoms with van der Waals surface area (Å²) in [4.78, 5) is 20.1. The Hall–Kier alpha value is -3.14. The van der Waals surface area contributed by atoms with Gasteiger partial charge < -0.3 is 20.5 Å². The van der Waals surface area contributed by atoms with Crippen LogP contribution in [0.25, 0.3) is 0 Å². The fraction of sp³-hybridized carbons (Fsp3) is 0.316. The smallest absolute Gasteiger partial charge is 0.283 e. The van der Waals surface area contributed by atoms with Gasteiger partial charge in [-0.2, -0.15) is 0 Å². The molecule has 10 heteroatoms. The maximum absolute atomic E-state index is 14.7. The quantitative estimate of drug-likeness (QED) is 0.811. The number of aliphatic imine (C=N–C) groups is 1. The zero-order chi connectivity index (χ0) is 20.6. The number of fused-ring (bicyclic) bond motifs is 1. The number of nitrogens with one attached hydrogen (secondary N) is 1. The first-order chi connectivity index (χ1) is 13.9. The van der Waals surface area contributed by atoms with Crippen molar-refractivity contribution >= 4 is 17.6 Å². The van der Waals surface area contributed by atoms with Gasteiger partial charge in [0.15, 0.2) is 0 Å². The molecule has 1 aromatic heterocycles. The molecule has 1 saturated heterocycles. The first-order valence-corrected chi connectivity index (χ1v) is 8.81. The molecular weight excluding hydrogens is 389 g/mol. The van der Waals surface area contributed by atoms with Crippen LogP contribution in [-0.2, 0) is 15.0 Å². The number of benzene rings is 1. The van der Waals surface area contributed by atoms with Crippen molar-refractivity contribution < 1.29 is 27.4 Å². The van der Waals surface area contributed by atoms with E-state index in [4.69, 9.17) is 15.2 Å². The summed E-state index contributed by atoms with van der Waals surface area (Å²) in [6.07, 6.45) is 0.354. The SMILES string of the molecule is NC1=NC(CF)(c2cc(NC(=O)c3ccc(F)cn3)ccc2F)C2COCC2O1. The minimum atomic E-state index is -1.64. The Balaban J connectivity index is 1.70. The molecular formula is C19H17F3N4O3. The molecule has 3 unspecified atom stereocenters. The average molecular weight is 406 g/mol.